The van der Waals surface area contributed by atoms with E-state index >= 15 is 0 Å². The molecule has 0 aromatic heterocycles. The van der Waals surface area contributed by atoms with Crippen LogP contribution in [0, 0.1) is 5.92 Å². The summed E-state index contributed by atoms with van der Waals surface area (Å²) in [4.78, 5) is 5.10. The Morgan fingerprint density at radius 2 is 1.64 bits per heavy atom. The predicted molar refractivity (Wildman–Crippen MR) is 92.1 cm³/mol. The summed E-state index contributed by atoms with van der Waals surface area (Å²) in [5.74, 6) is 0.621. The fourth-order valence-corrected chi connectivity index (χ4v) is 3.16. The lowest BCUT2D eigenvalue weighted by Crippen LogP contribution is -2.47. The molecule has 1 saturated heterocycles. The molecular formula is C18H26N4. The molecule has 0 bridgehead atoms. The topological polar surface area (TPSA) is 58.5 Å². The number of hydrogen-bond acceptors (Lipinski definition) is 4. The van der Waals surface area contributed by atoms with E-state index in [0.29, 0.717) is 5.92 Å². The zero-order valence-corrected chi connectivity index (χ0v) is 13.1. The first-order valence-corrected chi connectivity index (χ1v) is 8.12. The smallest absolute Gasteiger partial charge is 0.0314 e. The highest BCUT2D eigenvalue weighted by molar-refractivity contribution is 5.39. The molecule has 3 rings (SSSR count). The van der Waals surface area contributed by atoms with Gasteiger partial charge in [0.15, 0.2) is 0 Å². The monoisotopic (exact) mass is 298 g/mol. The van der Waals surface area contributed by atoms with Crippen LogP contribution < -0.4 is 11.5 Å². The van der Waals surface area contributed by atoms with E-state index < -0.39 is 0 Å². The average molecular weight is 298 g/mol. The van der Waals surface area contributed by atoms with E-state index in [4.69, 9.17) is 11.5 Å². The lowest BCUT2D eigenvalue weighted by Gasteiger charge is -2.36. The van der Waals surface area contributed by atoms with Gasteiger partial charge in [-0.25, -0.2) is 0 Å². The molecule has 1 fully saturated rings. The Bertz CT molecular complexity index is 539. The number of piperazine rings is 1. The summed E-state index contributed by atoms with van der Waals surface area (Å²) in [6, 6.07) is 8.23. The molecule has 0 amide bonds. The van der Waals surface area contributed by atoms with Crippen molar-refractivity contribution in [3.8, 4) is 0 Å². The summed E-state index contributed by atoms with van der Waals surface area (Å²) in [5, 5.41) is 0. The highest BCUT2D eigenvalue weighted by atomic mass is 15.3. The third kappa shape index (κ3) is 4.12. The van der Waals surface area contributed by atoms with Gasteiger partial charge in [-0.15, -0.1) is 0 Å². The number of rotatable bonds is 4. The molecular weight excluding hydrogens is 272 g/mol. The maximum atomic E-state index is 5.78. The summed E-state index contributed by atoms with van der Waals surface area (Å²) >= 11 is 0. The minimum absolute atomic E-state index is 0.621. The second-order valence-electron chi connectivity index (χ2n) is 6.38. The molecule has 1 unspecified atom stereocenters. The van der Waals surface area contributed by atoms with Crippen LogP contribution in [0.25, 0.3) is 0 Å². The number of nitrogens with two attached hydrogens (primary N) is 2. The molecule has 1 aliphatic heterocycles. The minimum atomic E-state index is 0.621. The van der Waals surface area contributed by atoms with Gasteiger partial charge < -0.3 is 16.4 Å². The maximum Gasteiger partial charge on any atom is 0.0314 e. The molecule has 0 spiro atoms. The zero-order chi connectivity index (χ0) is 15.4. The number of benzene rings is 1. The van der Waals surface area contributed by atoms with Gasteiger partial charge >= 0.3 is 0 Å². The molecule has 4 nitrogen and oxygen atoms in total. The van der Waals surface area contributed by atoms with Crippen LogP contribution >= 0.6 is 0 Å². The van der Waals surface area contributed by atoms with Crippen LogP contribution in [0.4, 0.5) is 5.69 Å². The third-order valence-electron chi connectivity index (χ3n) is 4.56. The van der Waals surface area contributed by atoms with E-state index in [1.807, 2.05) is 18.2 Å². The van der Waals surface area contributed by atoms with Gasteiger partial charge in [-0.1, -0.05) is 24.3 Å². The van der Waals surface area contributed by atoms with Gasteiger partial charge in [0.05, 0.1) is 0 Å². The Hall–Kier alpha value is -1.78. The minimum Gasteiger partial charge on any atom is -0.399 e. The van der Waals surface area contributed by atoms with Crippen LogP contribution in [-0.4, -0.2) is 42.5 Å². The molecule has 1 aliphatic carbocycles. The van der Waals surface area contributed by atoms with Gasteiger partial charge in [0, 0.05) is 50.7 Å². The Balaban J connectivity index is 1.42. The maximum absolute atomic E-state index is 5.78. The van der Waals surface area contributed by atoms with E-state index in [-0.39, 0.29) is 0 Å². The molecule has 118 valence electrons. The third-order valence-corrected chi connectivity index (χ3v) is 4.56. The van der Waals surface area contributed by atoms with E-state index in [0.717, 1.165) is 57.1 Å². The number of allylic oxidation sites excluding steroid dienone is 2. The first kappa shape index (κ1) is 15.1. The van der Waals surface area contributed by atoms with Crippen molar-refractivity contribution in [2.75, 3.05) is 38.5 Å². The van der Waals surface area contributed by atoms with E-state index in [9.17, 15) is 0 Å². The summed E-state index contributed by atoms with van der Waals surface area (Å²) in [6.07, 6.45) is 7.53. The second-order valence-corrected chi connectivity index (χ2v) is 6.38. The van der Waals surface area contributed by atoms with Crippen molar-refractivity contribution in [2.45, 2.75) is 13.0 Å². The quantitative estimate of drug-likeness (QED) is 0.832. The molecule has 1 aromatic carbocycles. The van der Waals surface area contributed by atoms with Crippen LogP contribution in [0.2, 0.25) is 0 Å². The van der Waals surface area contributed by atoms with Crippen molar-refractivity contribution in [2.24, 2.45) is 11.7 Å². The highest BCUT2D eigenvalue weighted by Gasteiger charge is 2.19. The predicted octanol–water partition coefficient (Wildman–Crippen LogP) is 1.81. The van der Waals surface area contributed by atoms with Gasteiger partial charge in [-0.05, 0) is 36.1 Å². The summed E-state index contributed by atoms with van der Waals surface area (Å²) in [5.41, 5.74) is 14.6. The van der Waals surface area contributed by atoms with Crippen molar-refractivity contribution in [1.29, 1.82) is 0 Å². The van der Waals surface area contributed by atoms with Crippen molar-refractivity contribution in [3.05, 3.63) is 53.8 Å². The number of nitrogens with zero attached hydrogens (tertiary/aromatic N) is 2. The van der Waals surface area contributed by atoms with E-state index in [1.165, 1.54) is 5.56 Å². The lowest BCUT2D eigenvalue weighted by molar-refractivity contribution is 0.118. The van der Waals surface area contributed by atoms with E-state index in [2.05, 4.69) is 34.1 Å². The standard InChI is InChI=1S/C18H26N4/c19-17-5-1-15(2-6-17)13-21-9-11-22(12-10-21)14-16-3-7-18(20)8-4-16/h1-3,5-8,16H,4,9-14,19-20H2. The Morgan fingerprint density at radius 1 is 0.955 bits per heavy atom. The Labute approximate surface area is 133 Å². The molecule has 4 N–H and O–H groups in total. The normalized spacial score (nSPS) is 23.5. The first-order valence-electron chi connectivity index (χ1n) is 8.12. The van der Waals surface area contributed by atoms with Crippen molar-refractivity contribution in [1.82, 2.24) is 9.80 Å². The van der Waals surface area contributed by atoms with Crippen LogP contribution in [0.15, 0.2) is 48.2 Å². The summed E-state index contributed by atoms with van der Waals surface area (Å²) in [6.45, 7) is 6.75. The summed E-state index contributed by atoms with van der Waals surface area (Å²) < 4.78 is 0. The molecule has 1 aromatic rings. The first-order chi connectivity index (χ1) is 10.7. The largest absolute Gasteiger partial charge is 0.399 e. The van der Waals surface area contributed by atoms with Crippen LogP contribution in [0.3, 0.4) is 0 Å². The van der Waals surface area contributed by atoms with Crippen LogP contribution in [0.1, 0.15) is 12.0 Å². The number of hydrogen-bond donors (Lipinski definition) is 2. The van der Waals surface area contributed by atoms with Crippen molar-refractivity contribution >= 4 is 5.69 Å². The molecule has 4 heteroatoms. The fraction of sp³-hybridized carbons (Fsp3) is 0.444. The molecule has 0 saturated carbocycles. The highest BCUT2D eigenvalue weighted by Crippen LogP contribution is 2.17. The van der Waals surface area contributed by atoms with Gasteiger partial charge in [0.1, 0.15) is 0 Å². The lowest BCUT2D eigenvalue weighted by atomic mass is 9.98. The second kappa shape index (κ2) is 6.99. The molecule has 2 aliphatic rings. The number of nitrogen functional groups attached to an aromatic ring is 1. The molecule has 0 radical (unpaired) electrons. The van der Waals surface area contributed by atoms with E-state index in [1.54, 1.807) is 0 Å². The SMILES string of the molecule is NC1=CCC(CN2CCN(Cc3ccc(N)cc3)CC2)C=C1. The van der Waals surface area contributed by atoms with Crippen molar-refractivity contribution in [3.63, 3.8) is 0 Å². The molecule has 1 atom stereocenters. The van der Waals surface area contributed by atoms with Crippen LogP contribution in [0.5, 0.6) is 0 Å². The average Bonchev–Trinajstić information content (AvgIpc) is 2.54. The fourth-order valence-electron chi connectivity index (χ4n) is 3.16. The Morgan fingerprint density at radius 3 is 2.27 bits per heavy atom. The van der Waals surface area contributed by atoms with Crippen LogP contribution in [-0.2, 0) is 6.54 Å². The Kier molecular flexibility index (Phi) is 4.80. The van der Waals surface area contributed by atoms with Gasteiger partial charge in [0.25, 0.3) is 0 Å². The number of anilines is 1. The zero-order valence-electron chi connectivity index (χ0n) is 13.1. The van der Waals surface area contributed by atoms with Gasteiger partial charge in [0.2, 0.25) is 0 Å². The van der Waals surface area contributed by atoms with Crippen molar-refractivity contribution < 1.29 is 0 Å². The summed E-state index contributed by atoms with van der Waals surface area (Å²) in [7, 11) is 0. The van der Waals surface area contributed by atoms with Gasteiger partial charge in [-0.3, -0.25) is 4.90 Å². The van der Waals surface area contributed by atoms with Gasteiger partial charge in [-0.2, -0.15) is 0 Å². The molecule has 1 heterocycles. The molecule has 22 heavy (non-hydrogen) atoms.